The van der Waals surface area contributed by atoms with E-state index in [1.165, 1.54) is 0 Å². The smallest absolute Gasteiger partial charge is 0.255 e. The standard InChI is InChI=1S/C23H22ClNO3S/c1-15-11-19(8-9-21(15)24)28-14-17-12-16(7-10-22(17)27-2)23(26)25-18-5-4-6-20(13-18)29-3/h4-13H,14H2,1-3H3,(H,25,26). The van der Waals surface area contributed by atoms with E-state index < -0.39 is 0 Å². The van der Waals surface area contributed by atoms with Crippen LogP contribution in [0.5, 0.6) is 11.5 Å². The maximum absolute atomic E-state index is 12.7. The fourth-order valence-electron chi connectivity index (χ4n) is 2.80. The lowest BCUT2D eigenvalue weighted by molar-refractivity contribution is 0.102. The number of rotatable bonds is 7. The first-order valence-corrected chi connectivity index (χ1v) is 10.6. The number of halogens is 1. The van der Waals surface area contributed by atoms with E-state index in [-0.39, 0.29) is 12.5 Å². The van der Waals surface area contributed by atoms with Crippen molar-refractivity contribution in [3.05, 3.63) is 82.4 Å². The summed E-state index contributed by atoms with van der Waals surface area (Å²) in [5.74, 6) is 1.18. The summed E-state index contributed by atoms with van der Waals surface area (Å²) in [6, 6.07) is 18.5. The summed E-state index contributed by atoms with van der Waals surface area (Å²) >= 11 is 7.69. The van der Waals surface area contributed by atoms with E-state index in [0.29, 0.717) is 22.1 Å². The third kappa shape index (κ3) is 5.46. The zero-order valence-corrected chi connectivity index (χ0v) is 18.1. The van der Waals surface area contributed by atoms with E-state index in [1.807, 2.05) is 49.6 Å². The van der Waals surface area contributed by atoms with E-state index in [1.54, 1.807) is 43.1 Å². The molecule has 150 valence electrons. The maximum atomic E-state index is 12.7. The summed E-state index contributed by atoms with van der Waals surface area (Å²) in [4.78, 5) is 13.8. The number of carbonyl (C=O) groups excluding carboxylic acids is 1. The van der Waals surface area contributed by atoms with Gasteiger partial charge in [-0.15, -0.1) is 11.8 Å². The molecule has 1 amide bonds. The highest BCUT2D eigenvalue weighted by Gasteiger charge is 2.12. The fraction of sp³-hybridized carbons (Fsp3) is 0.174. The predicted octanol–water partition coefficient (Wildman–Crippen LogP) is 6.21. The van der Waals surface area contributed by atoms with Gasteiger partial charge in [0.2, 0.25) is 0 Å². The van der Waals surface area contributed by atoms with Gasteiger partial charge in [-0.05, 0) is 73.3 Å². The molecule has 3 aromatic rings. The number of anilines is 1. The molecule has 0 aliphatic carbocycles. The molecule has 0 aliphatic heterocycles. The molecule has 0 aliphatic rings. The zero-order chi connectivity index (χ0) is 20.8. The van der Waals surface area contributed by atoms with E-state index in [0.717, 1.165) is 21.7 Å². The van der Waals surface area contributed by atoms with Gasteiger partial charge >= 0.3 is 0 Å². The Morgan fingerprint density at radius 2 is 1.93 bits per heavy atom. The highest BCUT2D eigenvalue weighted by molar-refractivity contribution is 7.98. The lowest BCUT2D eigenvalue weighted by atomic mass is 10.1. The van der Waals surface area contributed by atoms with Crippen molar-refractivity contribution in [3.63, 3.8) is 0 Å². The van der Waals surface area contributed by atoms with Gasteiger partial charge < -0.3 is 14.8 Å². The van der Waals surface area contributed by atoms with Gasteiger partial charge in [-0.1, -0.05) is 17.7 Å². The fourth-order valence-corrected chi connectivity index (χ4v) is 3.38. The maximum Gasteiger partial charge on any atom is 0.255 e. The number of ether oxygens (including phenoxy) is 2. The van der Waals surface area contributed by atoms with E-state index in [2.05, 4.69) is 5.32 Å². The molecule has 29 heavy (non-hydrogen) atoms. The molecule has 0 aromatic heterocycles. The van der Waals surface area contributed by atoms with E-state index >= 15 is 0 Å². The van der Waals surface area contributed by atoms with E-state index in [4.69, 9.17) is 21.1 Å². The summed E-state index contributed by atoms with van der Waals surface area (Å²) in [7, 11) is 1.60. The number of benzene rings is 3. The van der Waals surface area contributed by atoms with Gasteiger partial charge in [0.1, 0.15) is 18.1 Å². The summed E-state index contributed by atoms with van der Waals surface area (Å²) in [5.41, 5.74) is 3.01. The highest BCUT2D eigenvalue weighted by atomic mass is 35.5. The number of carbonyl (C=O) groups is 1. The monoisotopic (exact) mass is 427 g/mol. The van der Waals surface area contributed by atoms with Crippen molar-refractivity contribution in [3.8, 4) is 11.5 Å². The van der Waals surface area contributed by atoms with Crippen molar-refractivity contribution in [1.29, 1.82) is 0 Å². The second kappa shape index (κ2) is 9.72. The zero-order valence-electron chi connectivity index (χ0n) is 16.5. The predicted molar refractivity (Wildman–Crippen MR) is 120 cm³/mol. The Labute approximate surface area is 180 Å². The second-order valence-electron chi connectivity index (χ2n) is 6.41. The molecule has 6 heteroatoms. The van der Waals surface area contributed by atoms with Gasteiger partial charge in [-0.2, -0.15) is 0 Å². The molecule has 3 aromatic carbocycles. The summed E-state index contributed by atoms with van der Waals surface area (Å²) in [5, 5.41) is 3.63. The Balaban J connectivity index is 1.76. The molecule has 0 heterocycles. The van der Waals surface area contributed by atoms with Gasteiger partial charge in [-0.25, -0.2) is 0 Å². The SMILES string of the molecule is COc1ccc(C(=O)Nc2cccc(SC)c2)cc1COc1ccc(Cl)c(C)c1. The summed E-state index contributed by atoms with van der Waals surface area (Å²) in [6.07, 6.45) is 2.00. The first kappa shape index (κ1) is 21.1. The van der Waals surface area contributed by atoms with Crippen LogP contribution < -0.4 is 14.8 Å². The highest BCUT2D eigenvalue weighted by Crippen LogP contribution is 2.26. The van der Waals surface area contributed by atoms with Crippen LogP contribution in [-0.2, 0) is 6.61 Å². The molecule has 0 saturated heterocycles. The van der Waals surface area contributed by atoms with Crippen molar-refractivity contribution in [2.24, 2.45) is 0 Å². The first-order chi connectivity index (χ1) is 14.0. The Kier molecular flexibility index (Phi) is 7.07. The lowest BCUT2D eigenvalue weighted by Gasteiger charge is -2.13. The Hall–Kier alpha value is -2.63. The molecule has 3 rings (SSSR count). The van der Waals surface area contributed by atoms with Crippen LogP contribution in [0.25, 0.3) is 0 Å². The van der Waals surface area contributed by atoms with Gasteiger partial charge in [0, 0.05) is 26.7 Å². The van der Waals surface area contributed by atoms with Gasteiger partial charge in [0.25, 0.3) is 5.91 Å². The van der Waals surface area contributed by atoms with Crippen LogP contribution in [0.4, 0.5) is 5.69 Å². The second-order valence-corrected chi connectivity index (χ2v) is 7.70. The number of nitrogens with one attached hydrogen (secondary N) is 1. The van der Waals surface area contributed by atoms with Crippen LogP contribution in [-0.4, -0.2) is 19.3 Å². The lowest BCUT2D eigenvalue weighted by Crippen LogP contribution is -2.13. The molecule has 0 fully saturated rings. The average Bonchev–Trinajstić information content (AvgIpc) is 2.74. The number of aryl methyl sites for hydroxylation is 1. The Morgan fingerprint density at radius 1 is 1.10 bits per heavy atom. The minimum absolute atomic E-state index is 0.186. The molecule has 0 spiro atoms. The van der Waals surface area contributed by atoms with Crippen molar-refractivity contribution in [2.75, 3.05) is 18.7 Å². The van der Waals surface area contributed by atoms with Crippen LogP contribution in [0, 0.1) is 6.92 Å². The summed E-state index contributed by atoms with van der Waals surface area (Å²) in [6.45, 7) is 2.19. The number of hydrogen-bond acceptors (Lipinski definition) is 4. The van der Waals surface area contributed by atoms with Gasteiger partial charge in [0.15, 0.2) is 0 Å². The summed E-state index contributed by atoms with van der Waals surface area (Å²) < 4.78 is 11.3. The molecule has 0 radical (unpaired) electrons. The number of methoxy groups -OCH3 is 1. The molecule has 0 saturated carbocycles. The van der Waals surface area contributed by atoms with Gasteiger partial charge in [0.05, 0.1) is 7.11 Å². The van der Waals surface area contributed by atoms with Crippen molar-refractivity contribution < 1.29 is 14.3 Å². The molecule has 0 bridgehead atoms. The molecule has 0 atom stereocenters. The first-order valence-electron chi connectivity index (χ1n) is 9.01. The molecular formula is C23H22ClNO3S. The third-order valence-corrected chi connectivity index (χ3v) is 5.54. The molecule has 1 N–H and O–H groups in total. The van der Waals surface area contributed by atoms with Crippen LogP contribution in [0.1, 0.15) is 21.5 Å². The average molecular weight is 428 g/mol. The number of amides is 1. The van der Waals surface area contributed by atoms with Crippen molar-refractivity contribution >= 4 is 35.0 Å². The van der Waals surface area contributed by atoms with Crippen LogP contribution >= 0.6 is 23.4 Å². The molecule has 0 unspecified atom stereocenters. The van der Waals surface area contributed by atoms with Crippen LogP contribution in [0.3, 0.4) is 0 Å². The third-order valence-electron chi connectivity index (χ3n) is 4.39. The molecule has 4 nitrogen and oxygen atoms in total. The van der Waals surface area contributed by atoms with Crippen molar-refractivity contribution in [1.82, 2.24) is 0 Å². The number of thioether (sulfide) groups is 1. The van der Waals surface area contributed by atoms with Crippen LogP contribution in [0.15, 0.2) is 65.6 Å². The van der Waals surface area contributed by atoms with Gasteiger partial charge in [-0.3, -0.25) is 4.79 Å². The van der Waals surface area contributed by atoms with E-state index in [9.17, 15) is 4.79 Å². The minimum atomic E-state index is -0.186. The largest absolute Gasteiger partial charge is 0.496 e. The molecular weight excluding hydrogens is 406 g/mol. The number of hydrogen-bond donors (Lipinski definition) is 1. The Bertz CT molecular complexity index is 1020. The van der Waals surface area contributed by atoms with Crippen LogP contribution in [0.2, 0.25) is 5.02 Å². The Morgan fingerprint density at radius 3 is 2.66 bits per heavy atom. The quantitative estimate of drug-likeness (QED) is 0.455. The normalized spacial score (nSPS) is 10.5. The van der Waals surface area contributed by atoms with Crippen molar-refractivity contribution in [2.45, 2.75) is 18.4 Å². The topological polar surface area (TPSA) is 47.6 Å². The minimum Gasteiger partial charge on any atom is -0.496 e.